The summed E-state index contributed by atoms with van der Waals surface area (Å²) in [6, 6.07) is 2.46. The SMILES string of the molecule is CCCn1cc(CNc2c(F)cc(Br)cc2F)cn1. The van der Waals surface area contributed by atoms with Crippen LogP contribution >= 0.6 is 15.9 Å². The number of rotatable bonds is 5. The third-order valence-corrected chi connectivity index (χ3v) is 3.07. The van der Waals surface area contributed by atoms with Crippen LogP contribution in [0.25, 0.3) is 0 Å². The fourth-order valence-electron chi connectivity index (χ4n) is 1.75. The van der Waals surface area contributed by atoms with Crippen molar-refractivity contribution in [3.63, 3.8) is 0 Å². The number of aromatic nitrogens is 2. The van der Waals surface area contributed by atoms with Gasteiger partial charge in [-0.3, -0.25) is 4.68 Å². The van der Waals surface area contributed by atoms with Crippen LogP contribution in [-0.2, 0) is 13.1 Å². The van der Waals surface area contributed by atoms with E-state index in [0.717, 1.165) is 18.5 Å². The van der Waals surface area contributed by atoms with Gasteiger partial charge < -0.3 is 5.32 Å². The summed E-state index contributed by atoms with van der Waals surface area (Å²) in [4.78, 5) is 0. The molecule has 0 radical (unpaired) electrons. The number of halogens is 3. The first-order valence-corrected chi connectivity index (χ1v) is 6.79. The Balaban J connectivity index is 2.05. The summed E-state index contributed by atoms with van der Waals surface area (Å²) in [5.41, 5.74) is 0.765. The normalized spacial score (nSPS) is 10.7. The summed E-state index contributed by atoms with van der Waals surface area (Å²) in [6.45, 7) is 3.23. The molecule has 0 aliphatic rings. The Kier molecular flexibility index (Phi) is 4.52. The van der Waals surface area contributed by atoms with Crippen LogP contribution < -0.4 is 5.32 Å². The van der Waals surface area contributed by atoms with Gasteiger partial charge in [-0.1, -0.05) is 22.9 Å². The first-order valence-electron chi connectivity index (χ1n) is 6.00. The Morgan fingerprint density at radius 2 is 2.00 bits per heavy atom. The van der Waals surface area contributed by atoms with Gasteiger partial charge in [-0.15, -0.1) is 0 Å². The molecule has 1 N–H and O–H groups in total. The molecule has 19 heavy (non-hydrogen) atoms. The average Bonchev–Trinajstić information content (AvgIpc) is 2.76. The van der Waals surface area contributed by atoms with Gasteiger partial charge in [0.1, 0.15) is 17.3 Å². The van der Waals surface area contributed by atoms with E-state index >= 15 is 0 Å². The number of anilines is 1. The lowest BCUT2D eigenvalue weighted by Gasteiger charge is -2.08. The summed E-state index contributed by atoms with van der Waals surface area (Å²) in [7, 11) is 0. The third kappa shape index (κ3) is 3.53. The topological polar surface area (TPSA) is 29.9 Å². The van der Waals surface area contributed by atoms with Crippen LogP contribution in [0.2, 0.25) is 0 Å². The molecule has 0 fully saturated rings. The summed E-state index contributed by atoms with van der Waals surface area (Å²) >= 11 is 3.04. The van der Waals surface area contributed by atoms with Gasteiger partial charge in [0.05, 0.1) is 6.20 Å². The molecule has 0 amide bonds. The highest BCUT2D eigenvalue weighted by atomic mass is 79.9. The van der Waals surface area contributed by atoms with Crippen molar-refractivity contribution in [1.29, 1.82) is 0 Å². The van der Waals surface area contributed by atoms with Crippen LogP contribution in [0.3, 0.4) is 0 Å². The average molecular weight is 330 g/mol. The second-order valence-corrected chi connectivity index (χ2v) is 5.13. The molecule has 102 valence electrons. The number of nitrogens with zero attached hydrogens (tertiary/aromatic N) is 2. The second kappa shape index (κ2) is 6.14. The van der Waals surface area contributed by atoms with E-state index in [0.29, 0.717) is 11.0 Å². The molecule has 0 aliphatic heterocycles. The molecule has 0 saturated carbocycles. The van der Waals surface area contributed by atoms with Crippen molar-refractivity contribution in [2.24, 2.45) is 0 Å². The van der Waals surface area contributed by atoms with E-state index < -0.39 is 11.6 Å². The van der Waals surface area contributed by atoms with Crippen LogP contribution in [0.15, 0.2) is 29.0 Å². The number of benzene rings is 1. The minimum Gasteiger partial charge on any atom is -0.376 e. The van der Waals surface area contributed by atoms with Crippen molar-refractivity contribution in [3.8, 4) is 0 Å². The molecule has 0 aliphatic carbocycles. The van der Waals surface area contributed by atoms with Gasteiger partial charge in [0.2, 0.25) is 0 Å². The van der Waals surface area contributed by atoms with Crippen molar-refractivity contribution in [2.45, 2.75) is 26.4 Å². The van der Waals surface area contributed by atoms with E-state index in [1.54, 1.807) is 6.20 Å². The maximum absolute atomic E-state index is 13.6. The second-order valence-electron chi connectivity index (χ2n) is 4.21. The zero-order valence-electron chi connectivity index (χ0n) is 10.5. The quantitative estimate of drug-likeness (QED) is 0.900. The molecule has 2 rings (SSSR count). The highest BCUT2D eigenvalue weighted by Gasteiger charge is 2.10. The Labute approximate surface area is 118 Å². The zero-order valence-corrected chi connectivity index (χ0v) is 12.0. The number of hydrogen-bond acceptors (Lipinski definition) is 2. The largest absolute Gasteiger partial charge is 0.376 e. The molecule has 0 saturated heterocycles. The van der Waals surface area contributed by atoms with Gasteiger partial charge >= 0.3 is 0 Å². The highest BCUT2D eigenvalue weighted by Crippen LogP contribution is 2.24. The molecule has 0 atom stereocenters. The van der Waals surface area contributed by atoms with E-state index in [4.69, 9.17) is 0 Å². The van der Waals surface area contributed by atoms with Gasteiger partial charge in [0.15, 0.2) is 0 Å². The fourth-order valence-corrected chi connectivity index (χ4v) is 2.15. The molecular weight excluding hydrogens is 316 g/mol. The van der Waals surface area contributed by atoms with Crippen LogP contribution in [0.5, 0.6) is 0 Å². The van der Waals surface area contributed by atoms with E-state index in [9.17, 15) is 8.78 Å². The lowest BCUT2D eigenvalue weighted by molar-refractivity contribution is 0.586. The molecular formula is C13H14BrF2N3. The molecule has 1 heterocycles. The smallest absolute Gasteiger partial charge is 0.150 e. The van der Waals surface area contributed by atoms with Gasteiger partial charge in [-0.2, -0.15) is 5.10 Å². The summed E-state index contributed by atoms with van der Waals surface area (Å²) < 4.78 is 29.4. The molecule has 3 nitrogen and oxygen atoms in total. The maximum atomic E-state index is 13.6. The third-order valence-electron chi connectivity index (χ3n) is 2.62. The van der Waals surface area contributed by atoms with Crippen LogP contribution in [-0.4, -0.2) is 9.78 Å². The Bertz CT molecular complexity index is 546. The monoisotopic (exact) mass is 329 g/mol. The summed E-state index contributed by atoms with van der Waals surface area (Å²) in [5.74, 6) is -1.24. The highest BCUT2D eigenvalue weighted by molar-refractivity contribution is 9.10. The molecule has 0 bridgehead atoms. The predicted octanol–water partition coefficient (Wildman–Crippen LogP) is 3.95. The van der Waals surface area contributed by atoms with Crippen molar-refractivity contribution >= 4 is 21.6 Å². The first kappa shape index (κ1) is 14.0. The number of aryl methyl sites for hydroxylation is 1. The van der Waals surface area contributed by atoms with Crippen LogP contribution in [0, 0.1) is 11.6 Å². The van der Waals surface area contributed by atoms with Gasteiger partial charge in [-0.25, -0.2) is 8.78 Å². The van der Waals surface area contributed by atoms with Crippen molar-refractivity contribution in [1.82, 2.24) is 9.78 Å². The minimum absolute atomic E-state index is 0.119. The Hall–Kier alpha value is -1.43. The van der Waals surface area contributed by atoms with E-state index in [1.807, 2.05) is 10.9 Å². The Morgan fingerprint density at radius 3 is 2.63 bits per heavy atom. The standard InChI is InChI=1S/C13H14BrF2N3/c1-2-3-19-8-9(7-18-19)6-17-13-11(15)4-10(14)5-12(13)16/h4-5,7-8,17H,2-3,6H2,1H3. The van der Waals surface area contributed by atoms with Crippen LogP contribution in [0.4, 0.5) is 14.5 Å². The number of hydrogen-bond donors (Lipinski definition) is 1. The predicted molar refractivity (Wildman–Crippen MR) is 73.9 cm³/mol. The molecule has 0 unspecified atom stereocenters. The summed E-state index contributed by atoms with van der Waals surface area (Å²) in [6.07, 6.45) is 4.55. The minimum atomic E-state index is -0.618. The van der Waals surface area contributed by atoms with Crippen molar-refractivity contribution < 1.29 is 8.78 Å². The van der Waals surface area contributed by atoms with Crippen molar-refractivity contribution in [3.05, 3.63) is 46.2 Å². The summed E-state index contributed by atoms with van der Waals surface area (Å²) in [5, 5.41) is 6.91. The molecule has 1 aromatic heterocycles. The molecule has 0 spiro atoms. The lowest BCUT2D eigenvalue weighted by atomic mass is 10.2. The number of nitrogens with one attached hydrogen (secondary N) is 1. The van der Waals surface area contributed by atoms with Gasteiger partial charge in [-0.05, 0) is 18.6 Å². The maximum Gasteiger partial charge on any atom is 0.150 e. The van der Waals surface area contributed by atoms with E-state index in [-0.39, 0.29) is 5.69 Å². The van der Waals surface area contributed by atoms with Crippen molar-refractivity contribution in [2.75, 3.05) is 5.32 Å². The van der Waals surface area contributed by atoms with Gasteiger partial charge in [0.25, 0.3) is 0 Å². The fraction of sp³-hybridized carbons (Fsp3) is 0.308. The molecule has 2 aromatic rings. The van der Waals surface area contributed by atoms with Crippen LogP contribution in [0.1, 0.15) is 18.9 Å². The Morgan fingerprint density at radius 1 is 1.32 bits per heavy atom. The lowest BCUT2D eigenvalue weighted by Crippen LogP contribution is -2.03. The van der Waals surface area contributed by atoms with E-state index in [2.05, 4.69) is 33.3 Å². The van der Waals surface area contributed by atoms with Gasteiger partial charge in [0, 0.05) is 29.3 Å². The molecule has 1 aromatic carbocycles. The molecule has 6 heteroatoms. The first-order chi connectivity index (χ1) is 9.10. The van der Waals surface area contributed by atoms with E-state index in [1.165, 1.54) is 12.1 Å². The zero-order chi connectivity index (χ0) is 13.8.